The molecule has 0 aliphatic heterocycles. The molecule has 9 heteroatoms. The molecule has 0 aliphatic rings. The number of nitrogens with zero attached hydrogens (tertiary/aromatic N) is 3. The first-order valence-electron chi connectivity index (χ1n) is 13.3. The zero-order chi connectivity index (χ0) is 29.6. The number of ether oxygens (including phenoxy) is 2. The van der Waals surface area contributed by atoms with Crippen LogP contribution in [-0.4, -0.2) is 53.8 Å². The Bertz CT molecular complexity index is 1510. The summed E-state index contributed by atoms with van der Waals surface area (Å²) in [7, 11) is 3.04. The van der Waals surface area contributed by atoms with Gasteiger partial charge in [0.25, 0.3) is 5.91 Å². The number of halogens is 1. The normalized spacial score (nSPS) is 11.2. The number of hydrogen-bond acceptors (Lipinski definition) is 5. The molecule has 0 saturated heterocycles. The van der Waals surface area contributed by atoms with Crippen LogP contribution in [-0.2, 0) is 16.6 Å². The van der Waals surface area contributed by atoms with Crippen LogP contribution in [0.15, 0.2) is 78.9 Å². The molecule has 41 heavy (non-hydrogen) atoms. The molecule has 0 radical (unpaired) electrons. The SMILES string of the molecule is COc1ccc(C(=O)N(CCc2ccccc2)CC(=O)Nc2cc(C(C)(C)C)nn2-c2ccccc2Cl)c(OC)c1. The van der Waals surface area contributed by atoms with Crippen LogP contribution in [0.3, 0.4) is 0 Å². The molecule has 0 unspecified atom stereocenters. The third kappa shape index (κ3) is 7.27. The maximum absolute atomic E-state index is 13.8. The van der Waals surface area contributed by atoms with Crippen molar-refractivity contribution in [1.82, 2.24) is 14.7 Å². The van der Waals surface area contributed by atoms with Gasteiger partial charge in [-0.3, -0.25) is 9.59 Å². The maximum atomic E-state index is 13.8. The third-order valence-corrected chi connectivity index (χ3v) is 6.92. The lowest BCUT2D eigenvalue weighted by molar-refractivity contribution is -0.116. The predicted octanol–water partition coefficient (Wildman–Crippen LogP) is 6.16. The lowest BCUT2D eigenvalue weighted by Gasteiger charge is -2.23. The standard InChI is InChI=1S/C32H35ClN4O4/c1-32(2,3)28-20-29(37(35-28)26-14-10-9-13-25(26)33)34-30(38)21-36(18-17-22-11-7-6-8-12-22)31(39)24-16-15-23(40-4)19-27(24)41-5/h6-16,19-20H,17-18,21H2,1-5H3,(H,34,38). The molecule has 1 aromatic heterocycles. The molecular formula is C32H35ClN4O4. The lowest BCUT2D eigenvalue weighted by Crippen LogP contribution is -2.39. The van der Waals surface area contributed by atoms with Gasteiger partial charge in [-0.2, -0.15) is 5.10 Å². The van der Waals surface area contributed by atoms with Gasteiger partial charge in [0.1, 0.15) is 23.9 Å². The molecule has 0 bridgehead atoms. The summed E-state index contributed by atoms with van der Waals surface area (Å²) in [4.78, 5) is 28.8. The van der Waals surface area contributed by atoms with Crippen LogP contribution in [0.2, 0.25) is 5.02 Å². The molecule has 0 spiro atoms. The number of para-hydroxylation sites is 1. The Kier molecular flexibility index (Phi) is 9.35. The molecule has 3 aromatic carbocycles. The van der Waals surface area contributed by atoms with E-state index in [0.29, 0.717) is 46.6 Å². The number of aromatic nitrogens is 2. The Hall–Kier alpha value is -4.30. The van der Waals surface area contributed by atoms with E-state index >= 15 is 0 Å². The fraction of sp³-hybridized carbons (Fsp3) is 0.281. The number of methoxy groups -OCH3 is 2. The van der Waals surface area contributed by atoms with E-state index in [4.69, 9.17) is 26.2 Å². The number of anilines is 1. The quantitative estimate of drug-likeness (QED) is 0.245. The smallest absolute Gasteiger partial charge is 0.258 e. The Balaban J connectivity index is 1.63. The first-order chi connectivity index (χ1) is 19.6. The van der Waals surface area contributed by atoms with Gasteiger partial charge in [-0.15, -0.1) is 0 Å². The Morgan fingerprint density at radius 3 is 2.32 bits per heavy atom. The predicted molar refractivity (Wildman–Crippen MR) is 161 cm³/mol. The van der Waals surface area contributed by atoms with Crippen molar-refractivity contribution in [3.05, 3.63) is 101 Å². The summed E-state index contributed by atoms with van der Waals surface area (Å²) in [6.45, 7) is 6.28. The average Bonchev–Trinajstić information content (AvgIpc) is 3.39. The summed E-state index contributed by atoms with van der Waals surface area (Å²) in [5.74, 6) is 0.698. The highest BCUT2D eigenvalue weighted by Crippen LogP contribution is 2.29. The Morgan fingerprint density at radius 1 is 0.951 bits per heavy atom. The van der Waals surface area contributed by atoms with Crippen molar-refractivity contribution in [3.63, 3.8) is 0 Å². The second-order valence-electron chi connectivity index (χ2n) is 10.6. The molecule has 2 amide bonds. The summed E-state index contributed by atoms with van der Waals surface area (Å²) in [5, 5.41) is 8.22. The van der Waals surface area contributed by atoms with Crippen molar-refractivity contribution in [1.29, 1.82) is 0 Å². The van der Waals surface area contributed by atoms with Crippen molar-refractivity contribution in [2.75, 3.05) is 32.6 Å². The number of amides is 2. The molecular weight excluding hydrogens is 540 g/mol. The van der Waals surface area contributed by atoms with E-state index in [1.807, 2.05) is 75.4 Å². The highest BCUT2D eigenvalue weighted by atomic mass is 35.5. The van der Waals surface area contributed by atoms with E-state index in [0.717, 1.165) is 11.3 Å². The van der Waals surface area contributed by atoms with Crippen molar-refractivity contribution < 1.29 is 19.1 Å². The largest absolute Gasteiger partial charge is 0.497 e. The summed E-state index contributed by atoms with van der Waals surface area (Å²) >= 11 is 6.49. The number of carbonyl (C=O) groups is 2. The molecule has 4 aromatic rings. The fourth-order valence-corrected chi connectivity index (χ4v) is 4.52. The van der Waals surface area contributed by atoms with Crippen molar-refractivity contribution in [2.24, 2.45) is 0 Å². The van der Waals surface area contributed by atoms with Gasteiger partial charge in [-0.05, 0) is 36.2 Å². The maximum Gasteiger partial charge on any atom is 0.258 e. The minimum Gasteiger partial charge on any atom is -0.497 e. The van der Waals surface area contributed by atoms with Gasteiger partial charge in [-0.1, -0.05) is 74.8 Å². The Labute approximate surface area is 245 Å². The average molecular weight is 575 g/mol. The second kappa shape index (κ2) is 12.9. The van der Waals surface area contributed by atoms with Gasteiger partial charge in [0.05, 0.1) is 36.2 Å². The zero-order valence-electron chi connectivity index (χ0n) is 24.0. The van der Waals surface area contributed by atoms with Crippen molar-refractivity contribution in [2.45, 2.75) is 32.6 Å². The molecule has 1 N–H and O–H groups in total. The first kappa shape index (κ1) is 29.7. The van der Waals surface area contributed by atoms with E-state index in [9.17, 15) is 9.59 Å². The minimum absolute atomic E-state index is 0.181. The summed E-state index contributed by atoms with van der Waals surface area (Å²) in [6.07, 6.45) is 0.573. The van der Waals surface area contributed by atoms with E-state index in [1.165, 1.54) is 12.0 Å². The van der Waals surface area contributed by atoms with Gasteiger partial charge in [-0.25, -0.2) is 4.68 Å². The molecule has 1 heterocycles. The molecule has 0 atom stereocenters. The van der Waals surface area contributed by atoms with Gasteiger partial charge >= 0.3 is 0 Å². The fourth-order valence-electron chi connectivity index (χ4n) is 4.31. The molecule has 214 valence electrons. The van der Waals surface area contributed by atoms with Crippen molar-refractivity contribution in [3.8, 4) is 17.2 Å². The number of benzene rings is 3. The number of hydrogen-bond donors (Lipinski definition) is 1. The van der Waals surface area contributed by atoms with Gasteiger partial charge in [0.2, 0.25) is 5.91 Å². The highest BCUT2D eigenvalue weighted by molar-refractivity contribution is 6.32. The number of nitrogens with one attached hydrogen (secondary N) is 1. The van der Waals surface area contributed by atoms with Crippen LogP contribution in [0.25, 0.3) is 5.69 Å². The van der Waals surface area contributed by atoms with E-state index in [-0.39, 0.29) is 23.8 Å². The molecule has 8 nitrogen and oxygen atoms in total. The van der Waals surface area contributed by atoms with Crippen LogP contribution in [0, 0.1) is 0 Å². The van der Waals surface area contributed by atoms with E-state index in [2.05, 4.69) is 5.32 Å². The number of rotatable bonds is 10. The second-order valence-corrected chi connectivity index (χ2v) is 11.0. The molecule has 0 fully saturated rings. The third-order valence-electron chi connectivity index (χ3n) is 6.60. The minimum atomic E-state index is -0.368. The lowest BCUT2D eigenvalue weighted by atomic mass is 9.92. The molecule has 0 saturated carbocycles. The van der Waals surface area contributed by atoms with Crippen LogP contribution >= 0.6 is 11.6 Å². The number of carbonyl (C=O) groups excluding carboxylic acids is 2. The van der Waals surface area contributed by atoms with Gasteiger partial charge < -0.3 is 19.7 Å². The summed E-state index contributed by atoms with van der Waals surface area (Å²) < 4.78 is 12.4. The van der Waals surface area contributed by atoms with Crippen LogP contribution in [0.5, 0.6) is 11.5 Å². The van der Waals surface area contributed by atoms with E-state index in [1.54, 1.807) is 36.1 Å². The highest BCUT2D eigenvalue weighted by Gasteiger charge is 2.25. The summed E-state index contributed by atoms with van der Waals surface area (Å²) in [6, 6.07) is 24.0. The Morgan fingerprint density at radius 2 is 1.66 bits per heavy atom. The van der Waals surface area contributed by atoms with E-state index < -0.39 is 0 Å². The molecule has 4 rings (SSSR count). The van der Waals surface area contributed by atoms with Crippen molar-refractivity contribution >= 4 is 29.2 Å². The van der Waals surface area contributed by atoms with Crippen LogP contribution in [0.1, 0.15) is 42.4 Å². The topological polar surface area (TPSA) is 85.7 Å². The zero-order valence-corrected chi connectivity index (χ0v) is 24.7. The van der Waals surface area contributed by atoms with Crippen LogP contribution in [0.4, 0.5) is 5.82 Å². The monoisotopic (exact) mass is 574 g/mol. The van der Waals surface area contributed by atoms with Gasteiger partial charge in [0.15, 0.2) is 0 Å². The summed E-state index contributed by atoms with van der Waals surface area (Å²) in [5.41, 5.74) is 2.55. The molecule has 0 aliphatic carbocycles. The van der Waals surface area contributed by atoms with Gasteiger partial charge in [0, 0.05) is 24.1 Å². The first-order valence-corrected chi connectivity index (χ1v) is 13.7. The van der Waals surface area contributed by atoms with Crippen LogP contribution < -0.4 is 14.8 Å².